The lowest BCUT2D eigenvalue weighted by atomic mass is 10.1. The van der Waals surface area contributed by atoms with E-state index in [1.165, 1.54) is 5.56 Å². The summed E-state index contributed by atoms with van der Waals surface area (Å²) in [6.07, 6.45) is 0. The van der Waals surface area contributed by atoms with Crippen molar-refractivity contribution in [2.24, 2.45) is 0 Å². The molecule has 0 aliphatic heterocycles. The van der Waals surface area contributed by atoms with Gasteiger partial charge in [0.2, 0.25) is 11.7 Å². The Labute approximate surface area is 113 Å². The first-order chi connectivity index (χ1) is 9.01. The molecule has 0 spiro atoms. The SMILES string of the molecule is COC(C)(C)c1noc(CNc2ccc(C)cc2)n1. The van der Waals surface area contributed by atoms with E-state index in [2.05, 4.69) is 34.5 Å². The van der Waals surface area contributed by atoms with Crippen LogP contribution in [0.1, 0.15) is 31.1 Å². The molecule has 102 valence electrons. The summed E-state index contributed by atoms with van der Waals surface area (Å²) in [4.78, 5) is 4.32. The molecular weight excluding hydrogens is 242 g/mol. The van der Waals surface area contributed by atoms with Gasteiger partial charge in [-0.05, 0) is 32.9 Å². The predicted octanol–water partition coefficient (Wildman–Crippen LogP) is 2.87. The van der Waals surface area contributed by atoms with Crippen molar-refractivity contribution in [3.63, 3.8) is 0 Å². The van der Waals surface area contributed by atoms with E-state index in [1.807, 2.05) is 26.0 Å². The predicted molar refractivity (Wildman–Crippen MR) is 72.8 cm³/mol. The molecular formula is C14H19N3O2. The van der Waals surface area contributed by atoms with Crippen LogP contribution in [0.25, 0.3) is 0 Å². The van der Waals surface area contributed by atoms with Crippen molar-refractivity contribution in [3.05, 3.63) is 41.5 Å². The molecule has 0 aliphatic carbocycles. The first-order valence-corrected chi connectivity index (χ1v) is 6.20. The minimum absolute atomic E-state index is 0.496. The van der Waals surface area contributed by atoms with Crippen molar-refractivity contribution >= 4 is 5.69 Å². The van der Waals surface area contributed by atoms with Crippen LogP contribution in [0.3, 0.4) is 0 Å². The standard InChI is InChI=1S/C14H19N3O2/c1-10-5-7-11(8-6-10)15-9-12-16-13(17-19-12)14(2,3)18-4/h5-8,15H,9H2,1-4H3. The maximum absolute atomic E-state index is 5.31. The lowest BCUT2D eigenvalue weighted by molar-refractivity contribution is 0.00973. The van der Waals surface area contributed by atoms with E-state index in [1.54, 1.807) is 7.11 Å². The molecule has 19 heavy (non-hydrogen) atoms. The van der Waals surface area contributed by atoms with E-state index >= 15 is 0 Å². The van der Waals surface area contributed by atoms with Crippen molar-refractivity contribution in [3.8, 4) is 0 Å². The van der Waals surface area contributed by atoms with E-state index < -0.39 is 5.60 Å². The third kappa shape index (κ3) is 3.32. The van der Waals surface area contributed by atoms with Gasteiger partial charge in [-0.3, -0.25) is 0 Å². The van der Waals surface area contributed by atoms with Gasteiger partial charge in [0.15, 0.2) is 0 Å². The molecule has 2 rings (SSSR count). The molecule has 2 aromatic rings. The summed E-state index contributed by atoms with van der Waals surface area (Å²) in [6.45, 7) is 6.35. The summed E-state index contributed by atoms with van der Waals surface area (Å²) in [5.74, 6) is 1.09. The number of nitrogens with zero attached hydrogens (tertiary/aromatic N) is 2. The van der Waals surface area contributed by atoms with Crippen LogP contribution in [0, 0.1) is 6.92 Å². The smallest absolute Gasteiger partial charge is 0.246 e. The van der Waals surface area contributed by atoms with Crippen LogP contribution in [0.4, 0.5) is 5.69 Å². The number of aromatic nitrogens is 2. The largest absolute Gasteiger partial charge is 0.376 e. The van der Waals surface area contributed by atoms with Crippen LogP contribution in [0.2, 0.25) is 0 Å². The first-order valence-electron chi connectivity index (χ1n) is 6.20. The fourth-order valence-electron chi connectivity index (χ4n) is 1.51. The second-order valence-corrected chi connectivity index (χ2v) is 4.95. The maximum Gasteiger partial charge on any atom is 0.246 e. The molecule has 0 unspecified atom stereocenters. The minimum atomic E-state index is -0.536. The van der Waals surface area contributed by atoms with Gasteiger partial charge in [-0.1, -0.05) is 22.9 Å². The highest BCUT2D eigenvalue weighted by Gasteiger charge is 2.25. The molecule has 1 aromatic heterocycles. The average molecular weight is 261 g/mol. The van der Waals surface area contributed by atoms with Crippen molar-refractivity contribution in [2.75, 3.05) is 12.4 Å². The summed E-state index contributed by atoms with van der Waals surface area (Å²) in [5, 5.41) is 7.17. The molecule has 0 saturated heterocycles. The second kappa shape index (κ2) is 5.40. The number of benzene rings is 1. The van der Waals surface area contributed by atoms with Gasteiger partial charge >= 0.3 is 0 Å². The van der Waals surface area contributed by atoms with Crippen molar-refractivity contribution in [1.29, 1.82) is 0 Å². The van der Waals surface area contributed by atoms with Crippen LogP contribution in [0.15, 0.2) is 28.8 Å². The number of anilines is 1. The Morgan fingerprint density at radius 2 is 1.95 bits per heavy atom. The Kier molecular flexibility index (Phi) is 3.85. The van der Waals surface area contributed by atoms with Gasteiger partial charge in [0.1, 0.15) is 5.60 Å². The number of hydrogen-bond acceptors (Lipinski definition) is 5. The van der Waals surface area contributed by atoms with Crippen molar-refractivity contribution < 1.29 is 9.26 Å². The average Bonchev–Trinajstić information content (AvgIpc) is 2.88. The number of ether oxygens (including phenoxy) is 1. The lowest BCUT2D eigenvalue weighted by Crippen LogP contribution is -2.21. The van der Waals surface area contributed by atoms with E-state index in [0.29, 0.717) is 18.3 Å². The molecule has 1 heterocycles. The van der Waals surface area contributed by atoms with Gasteiger partial charge in [0.05, 0.1) is 6.54 Å². The van der Waals surface area contributed by atoms with E-state index in [4.69, 9.17) is 9.26 Å². The van der Waals surface area contributed by atoms with Gasteiger partial charge in [-0.15, -0.1) is 0 Å². The second-order valence-electron chi connectivity index (χ2n) is 4.95. The fourth-order valence-corrected chi connectivity index (χ4v) is 1.51. The quantitative estimate of drug-likeness (QED) is 0.896. The lowest BCUT2D eigenvalue weighted by Gasteiger charge is -2.17. The Morgan fingerprint density at radius 1 is 1.26 bits per heavy atom. The molecule has 0 bridgehead atoms. The summed E-state index contributed by atoms with van der Waals surface area (Å²) in [5.41, 5.74) is 1.72. The van der Waals surface area contributed by atoms with Crippen molar-refractivity contribution in [1.82, 2.24) is 10.1 Å². The third-order valence-electron chi connectivity index (χ3n) is 3.01. The van der Waals surface area contributed by atoms with Crippen molar-refractivity contribution in [2.45, 2.75) is 32.9 Å². The highest BCUT2D eigenvalue weighted by atomic mass is 16.5. The van der Waals surface area contributed by atoms with E-state index in [9.17, 15) is 0 Å². The van der Waals surface area contributed by atoms with Gasteiger partial charge in [-0.25, -0.2) is 0 Å². The van der Waals surface area contributed by atoms with Crippen LogP contribution in [0.5, 0.6) is 0 Å². The highest BCUT2D eigenvalue weighted by molar-refractivity contribution is 5.44. The summed E-state index contributed by atoms with van der Waals surface area (Å²) in [6, 6.07) is 8.14. The van der Waals surface area contributed by atoms with Gasteiger partial charge < -0.3 is 14.6 Å². The number of hydrogen-bond donors (Lipinski definition) is 1. The summed E-state index contributed by atoms with van der Waals surface area (Å²) < 4.78 is 10.5. The van der Waals surface area contributed by atoms with Crippen LogP contribution < -0.4 is 5.32 Å². The highest BCUT2D eigenvalue weighted by Crippen LogP contribution is 2.20. The Hall–Kier alpha value is -1.88. The normalized spacial score (nSPS) is 11.6. The number of nitrogens with one attached hydrogen (secondary N) is 1. The minimum Gasteiger partial charge on any atom is -0.376 e. The van der Waals surface area contributed by atoms with E-state index in [-0.39, 0.29) is 0 Å². The molecule has 0 atom stereocenters. The molecule has 0 fully saturated rings. The Bertz CT molecular complexity index is 532. The monoisotopic (exact) mass is 261 g/mol. The summed E-state index contributed by atoms with van der Waals surface area (Å²) in [7, 11) is 1.63. The Balaban J connectivity index is 1.99. The van der Waals surface area contributed by atoms with E-state index in [0.717, 1.165) is 5.69 Å². The molecule has 0 amide bonds. The maximum atomic E-state index is 5.31. The molecule has 0 aliphatic rings. The molecule has 0 saturated carbocycles. The molecule has 5 nitrogen and oxygen atoms in total. The molecule has 0 radical (unpaired) electrons. The zero-order valence-corrected chi connectivity index (χ0v) is 11.7. The van der Waals surface area contributed by atoms with Crippen LogP contribution in [-0.4, -0.2) is 17.3 Å². The first kappa shape index (κ1) is 13.5. The molecule has 5 heteroatoms. The number of methoxy groups -OCH3 is 1. The molecule has 1 N–H and O–H groups in total. The number of aryl methyl sites for hydroxylation is 1. The zero-order valence-electron chi connectivity index (χ0n) is 11.7. The van der Waals surface area contributed by atoms with Gasteiger partial charge in [-0.2, -0.15) is 4.98 Å². The fraction of sp³-hybridized carbons (Fsp3) is 0.429. The van der Waals surface area contributed by atoms with Gasteiger partial charge in [0, 0.05) is 12.8 Å². The van der Waals surface area contributed by atoms with Gasteiger partial charge in [0.25, 0.3) is 0 Å². The topological polar surface area (TPSA) is 60.2 Å². The zero-order chi connectivity index (χ0) is 13.9. The summed E-state index contributed by atoms with van der Waals surface area (Å²) >= 11 is 0. The molecule has 1 aromatic carbocycles. The van der Waals surface area contributed by atoms with Crippen LogP contribution >= 0.6 is 0 Å². The third-order valence-corrected chi connectivity index (χ3v) is 3.01. The number of rotatable bonds is 5. The van der Waals surface area contributed by atoms with Crippen LogP contribution in [-0.2, 0) is 16.9 Å². The Morgan fingerprint density at radius 3 is 2.58 bits per heavy atom.